The molecule has 0 radical (unpaired) electrons. The lowest BCUT2D eigenvalue weighted by Gasteiger charge is -2.11. The molecule has 1 heterocycles. The highest BCUT2D eigenvalue weighted by molar-refractivity contribution is 6.30. The largest absolute Gasteiger partial charge is 0.150 e. The molecule has 0 N–H and O–H groups in total. The van der Waals surface area contributed by atoms with Gasteiger partial charge in [0, 0.05) is 26.7 Å². The van der Waals surface area contributed by atoms with E-state index in [9.17, 15) is 0 Å². The van der Waals surface area contributed by atoms with Crippen molar-refractivity contribution in [1.29, 1.82) is 0 Å². The van der Waals surface area contributed by atoms with Crippen LogP contribution in [0.25, 0.3) is 33.6 Å². The van der Waals surface area contributed by atoms with Gasteiger partial charge in [0.2, 0.25) is 0 Å². The summed E-state index contributed by atoms with van der Waals surface area (Å²) in [5.74, 6) is 0. The quantitative estimate of drug-likeness (QED) is 0.372. The molecule has 0 saturated carbocycles. The molecule has 0 aliphatic rings. The molecule has 0 bridgehead atoms. The van der Waals surface area contributed by atoms with Crippen molar-refractivity contribution in [2.24, 2.45) is 0 Å². The maximum absolute atomic E-state index is 6.04. The Hall–Kier alpha value is -2.68. The molecule has 3 aromatic carbocycles. The lowest BCUT2D eigenvalue weighted by molar-refractivity contribution is 1.05. The van der Waals surface area contributed by atoms with Crippen LogP contribution in [0, 0.1) is 6.92 Å². The number of halogens is 2. The van der Waals surface area contributed by atoms with Crippen LogP contribution in [0.1, 0.15) is 5.56 Å². The standard InChI is InChI=1S/C23H16Cl2N2/c1-15-2-4-16(5-3-15)21-14-22(17-6-10-19(24)11-7-17)26-27-23(21)18-8-12-20(25)13-9-18/h2-14H,1H3. The van der Waals surface area contributed by atoms with Gasteiger partial charge in [-0.25, -0.2) is 0 Å². The van der Waals surface area contributed by atoms with Gasteiger partial charge in [-0.3, -0.25) is 0 Å². The van der Waals surface area contributed by atoms with Gasteiger partial charge < -0.3 is 0 Å². The number of hydrogen-bond donors (Lipinski definition) is 0. The van der Waals surface area contributed by atoms with E-state index < -0.39 is 0 Å². The topological polar surface area (TPSA) is 25.8 Å². The lowest BCUT2D eigenvalue weighted by atomic mass is 9.97. The summed E-state index contributed by atoms with van der Waals surface area (Å²) >= 11 is 12.1. The third-order valence-corrected chi connectivity index (χ3v) is 4.92. The average molecular weight is 391 g/mol. The van der Waals surface area contributed by atoms with Gasteiger partial charge in [0.1, 0.15) is 5.69 Å². The van der Waals surface area contributed by atoms with Crippen molar-refractivity contribution >= 4 is 23.2 Å². The molecule has 132 valence electrons. The molecule has 1 aromatic heterocycles. The number of aryl methyl sites for hydroxylation is 1. The Labute approximate surface area is 168 Å². The van der Waals surface area contributed by atoms with Crippen LogP contribution >= 0.6 is 23.2 Å². The zero-order valence-corrected chi connectivity index (χ0v) is 16.2. The van der Waals surface area contributed by atoms with E-state index in [4.69, 9.17) is 23.2 Å². The molecule has 4 aromatic rings. The second-order valence-corrected chi connectivity index (χ2v) is 7.24. The molecule has 4 rings (SSSR count). The number of benzene rings is 3. The van der Waals surface area contributed by atoms with Gasteiger partial charge in [0.25, 0.3) is 0 Å². The van der Waals surface area contributed by atoms with Crippen molar-refractivity contribution in [2.75, 3.05) is 0 Å². The van der Waals surface area contributed by atoms with Crippen molar-refractivity contribution in [3.63, 3.8) is 0 Å². The predicted molar refractivity (Wildman–Crippen MR) is 113 cm³/mol. The van der Waals surface area contributed by atoms with Crippen molar-refractivity contribution in [3.8, 4) is 33.6 Å². The fourth-order valence-electron chi connectivity index (χ4n) is 2.93. The summed E-state index contributed by atoms with van der Waals surface area (Å²) in [6.45, 7) is 2.08. The number of nitrogens with zero attached hydrogens (tertiary/aromatic N) is 2. The predicted octanol–water partition coefficient (Wildman–Crippen LogP) is 7.09. The minimum Gasteiger partial charge on any atom is -0.150 e. The molecule has 2 nitrogen and oxygen atoms in total. The maximum Gasteiger partial charge on any atom is 0.101 e. The molecule has 0 aliphatic heterocycles. The lowest BCUT2D eigenvalue weighted by Crippen LogP contribution is -1.95. The second kappa shape index (κ2) is 7.51. The van der Waals surface area contributed by atoms with Crippen LogP contribution in [-0.2, 0) is 0 Å². The van der Waals surface area contributed by atoms with Crippen molar-refractivity contribution in [1.82, 2.24) is 10.2 Å². The zero-order chi connectivity index (χ0) is 18.8. The molecule has 0 aliphatic carbocycles. The Kier molecular flexibility index (Phi) is 4.93. The molecule has 0 amide bonds. The van der Waals surface area contributed by atoms with E-state index in [0.717, 1.165) is 33.6 Å². The number of hydrogen-bond acceptors (Lipinski definition) is 2. The fourth-order valence-corrected chi connectivity index (χ4v) is 3.18. The minimum atomic E-state index is 0.696. The molecule has 0 atom stereocenters. The number of rotatable bonds is 3. The fraction of sp³-hybridized carbons (Fsp3) is 0.0435. The maximum atomic E-state index is 6.04. The molecule has 27 heavy (non-hydrogen) atoms. The van der Waals surface area contributed by atoms with E-state index in [1.807, 2.05) is 48.5 Å². The first-order valence-electron chi connectivity index (χ1n) is 8.57. The SMILES string of the molecule is Cc1ccc(-c2cc(-c3ccc(Cl)cc3)nnc2-c2ccc(Cl)cc2)cc1. The Morgan fingerprint density at radius 3 is 1.70 bits per heavy atom. The first kappa shape index (κ1) is 17.7. The Balaban J connectivity index is 1.89. The third kappa shape index (κ3) is 3.87. The summed E-state index contributed by atoms with van der Waals surface area (Å²) in [6.07, 6.45) is 0. The highest BCUT2D eigenvalue weighted by Crippen LogP contribution is 2.33. The highest BCUT2D eigenvalue weighted by atomic mass is 35.5. The van der Waals surface area contributed by atoms with Crippen molar-refractivity contribution in [2.45, 2.75) is 6.92 Å². The van der Waals surface area contributed by atoms with Gasteiger partial charge >= 0.3 is 0 Å². The molecule has 0 spiro atoms. The van der Waals surface area contributed by atoms with Crippen molar-refractivity contribution in [3.05, 3.63) is 94.5 Å². The van der Waals surface area contributed by atoms with Crippen LogP contribution in [0.2, 0.25) is 10.0 Å². The van der Waals surface area contributed by atoms with Gasteiger partial charge in [0.15, 0.2) is 0 Å². The number of aromatic nitrogens is 2. The summed E-state index contributed by atoms with van der Waals surface area (Å²) in [4.78, 5) is 0. The summed E-state index contributed by atoms with van der Waals surface area (Å²) in [5, 5.41) is 10.4. The zero-order valence-electron chi connectivity index (χ0n) is 14.7. The molecular formula is C23H16Cl2N2. The smallest absolute Gasteiger partial charge is 0.101 e. The van der Waals surface area contributed by atoms with E-state index in [1.54, 1.807) is 0 Å². The Morgan fingerprint density at radius 2 is 1.11 bits per heavy atom. The minimum absolute atomic E-state index is 0.696. The van der Waals surface area contributed by atoms with Gasteiger partial charge in [-0.15, -0.1) is 10.2 Å². The summed E-state index contributed by atoms with van der Waals surface area (Å²) in [5.41, 5.74) is 6.92. The van der Waals surface area contributed by atoms with Gasteiger partial charge in [-0.05, 0) is 42.8 Å². The highest BCUT2D eigenvalue weighted by Gasteiger charge is 2.13. The van der Waals surface area contributed by atoms with E-state index in [0.29, 0.717) is 10.0 Å². The molecule has 0 saturated heterocycles. The van der Waals surface area contributed by atoms with Crippen LogP contribution in [-0.4, -0.2) is 10.2 Å². The van der Waals surface area contributed by atoms with Gasteiger partial charge in [-0.2, -0.15) is 0 Å². The van der Waals surface area contributed by atoms with E-state index in [1.165, 1.54) is 5.56 Å². The second-order valence-electron chi connectivity index (χ2n) is 6.37. The third-order valence-electron chi connectivity index (χ3n) is 4.41. The van der Waals surface area contributed by atoms with Crippen molar-refractivity contribution < 1.29 is 0 Å². The Morgan fingerprint density at radius 1 is 0.593 bits per heavy atom. The van der Waals surface area contributed by atoms with Crippen LogP contribution in [0.4, 0.5) is 0 Å². The van der Waals surface area contributed by atoms with Crippen LogP contribution in [0.3, 0.4) is 0 Å². The van der Waals surface area contributed by atoms with Gasteiger partial charge in [0.05, 0.1) is 5.69 Å². The van der Waals surface area contributed by atoms with Gasteiger partial charge in [-0.1, -0.05) is 77.3 Å². The molecule has 4 heteroatoms. The van der Waals surface area contributed by atoms with E-state index in [2.05, 4.69) is 47.5 Å². The summed E-state index contributed by atoms with van der Waals surface area (Å²) in [7, 11) is 0. The average Bonchev–Trinajstić information content (AvgIpc) is 2.69. The van der Waals surface area contributed by atoms with E-state index in [-0.39, 0.29) is 0 Å². The molecule has 0 unspecified atom stereocenters. The van der Waals surface area contributed by atoms with E-state index >= 15 is 0 Å². The molecular weight excluding hydrogens is 375 g/mol. The Bertz CT molecular complexity index is 1070. The molecule has 0 fully saturated rings. The summed E-state index contributed by atoms with van der Waals surface area (Å²) in [6, 6.07) is 25.8. The summed E-state index contributed by atoms with van der Waals surface area (Å²) < 4.78 is 0. The normalized spacial score (nSPS) is 10.8. The van der Waals surface area contributed by atoms with Crippen LogP contribution < -0.4 is 0 Å². The monoisotopic (exact) mass is 390 g/mol. The van der Waals surface area contributed by atoms with Crippen LogP contribution in [0.15, 0.2) is 78.9 Å². The first-order valence-corrected chi connectivity index (χ1v) is 9.32. The first-order chi connectivity index (χ1) is 13.1. The van der Waals surface area contributed by atoms with Crippen LogP contribution in [0.5, 0.6) is 0 Å².